The minimum atomic E-state index is -0.214. The molecule has 2 heterocycles. The monoisotopic (exact) mass is 223 g/mol. The van der Waals surface area contributed by atoms with E-state index in [2.05, 4.69) is 21.1 Å². The van der Waals surface area contributed by atoms with Crippen LogP contribution >= 0.6 is 0 Å². The smallest absolute Gasteiger partial charge is 0.413 e. The van der Waals surface area contributed by atoms with Gasteiger partial charge in [0.25, 0.3) is 0 Å². The number of pyridine rings is 1. The summed E-state index contributed by atoms with van der Waals surface area (Å²) in [7, 11) is 0. The molecule has 4 nitrogen and oxygen atoms in total. The summed E-state index contributed by atoms with van der Waals surface area (Å²) in [6, 6.07) is 4.85. The van der Waals surface area contributed by atoms with Gasteiger partial charge in [-0.25, -0.2) is 0 Å². The fourth-order valence-corrected chi connectivity index (χ4v) is 0.976. The van der Waals surface area contributed by atoms with Crippen LogP contribution in [0.4, 0.5) is 0 Å². The van der Waals surface area contributed by atoms with Crippen LogP contribution in [0.15, 0.2) is 35.4 Å². The van der Waals surface area contributed by atoms with Crippen molar-refractivity contribution in [2.24, 2.45) is 0 Å². The van der Waals surface area contributed by atoms with Gasteiger partial charge in [-0.05, 0) is 11.6 Å². The molecule has 0 unspecified atom stereocenters. The van der Waals surface area contributed by atoms with E-state index in [9.17, 15) is 4.79 Å². The third kappa shape index (κ3) is 2.31. The van der Waals surface area contributed by atoms with Crippen molar-refractivity contribution in [1.82, 2.24) is 15.0 Å². The number of rotatable bonds is 1. The van der Waals surface area contributed by atoms with Crippen LogP contribution in [0.5, 0.6) is 0 Å². The first-order valence-corrected chi connectivity index (χ1v) is 3.74. The molecule has 0 aromatic carbocycles. The summed E-state index contributed by atoms with van der Waals surface area (Å²) in [6.45, 7) is 0. The number of hydrogen-bond acceptors (Lipinski definition) is 3. The van der Waals surface area contributed by atoms with Crippen molar-refractivity contribution in [1.29, 1.82) is 0 Å². The van der Waals surface area contributed by atoms with Crippen LogP contribution in [0, 0.1) is 6.20 Å². The second-order valence-corrected chi connectivity index (χ2v) is 2.46. The molecule has 1 N–H and O–H groups in total. The molecule has 0 saturated carbocycles. The maximum atomic E-state index is 10.9. The number of hydrogen-bond donors (Lipinski definition) is 1. The van der Waals surface area contributed by atoms with Gasteiger partial charge in [0.1, 0.15) is 5.56 Å². The molecule has 0 amide bonds. The Morgan fingerprint density at radius 2 is 2.29 bits per heavy atom. The molecule has 5 heteroatoms. The van der Waals surface area contributed by atoms with Crippen molar-refractivity contribution in [2.75, 3.05) is 0 Å². The van der Waals surface area contributed by atoms with Crippen LogP contribution in [0.3, 0.4) is 0 Å². The fraction of sp³-hybridized carbons (Fsp3) is 0. The minimum absolute atomic E-state index is 0. The molecule has 2 aromatic rings. The Morgan fingerprint density at radius 3 is 2.93 bits per heavy atom. The summed E-state index contributed by atoms with van der Waals surface area (Å²) >= 11 is 0. The molecule has 0 atom stereocenters. The van der Waals surface area contributed by atoms with E-state index < -0.39 is 0 Å². The minimum Gasteiger partial charge on any atom is -0.413 e. The molecule has 2 rings (SSSR count). The van der Waals surface area contributed by atoms with Gasteiger partial charge < -0.3 is 14.8 Å². The first kappa shape index (κ1) is 10.7. The normalized spacial score (nSPS) is 9.14. The molecule has 0 spiro atoms. The van der Waals surface area contributed by atoms with E-state index in [1.807, 2.05) is 6.07 Å². The largest absolute Gasteiger partial charge is 2.00 e. The molecule has 1 radical (unpaired) electrons. The molecule has 0 aliphatic heterocycles. The van der Waals surface area contributed by atoms with Gasteiger partial charge in [0.15, 0.2) is 0 Å². The van der Waals surface area contributed by atoms with Gasteiger partial charge in [-0.1, -0.05) is 18.3 Å². The zero-order valence-electron chi connectivity index (χ0n) is 7.14. The predicted octanol–water partition coefficient (Wildman–Crippen LogP) is 0.630. The topological polar surface area (TPSA) is 58.6 Å². The van der Waals surface area contributed by atoms with Crippen molar-refractivity contribution in [3.8, 4) is 11.4 Å². The van der Waals surface area contributed by atoms with Gasteiger partial charge in [0, 0.05) is 18.2 Å². The Labute approximate surface area is 92.3 Å². The molecule has 0 aliphatic carbocycles. The molecule has 0 fully saturated rings. The summed E-state index contributed by atoms with van der Waals surface area (Å²) in [5, 5.41) is 0. The van der Waals surface area contributed by atoms with Crippen molar-refractivity contribution in [2.45, 2.75) is 0 Å². The van der Waals surface area contributed by atoms with Gasteiger partial charge in [0.05, 0.1) is 0 Å². The maximum Gasteiger partial charge on any atom is 2.00 e. The van der Waals surface area contributed by atoms with Gasteiger partial charge in [-0.2, -0.15) is 0 Å². The second kappa shape index (κ2) is 4.74. The summed E-state index contributed by atoms with van der Waals surface area (Å²) < 4.78 is 0. The van der Waals surface area contributed by atoms with E-state index in [0.29, 0.717) is 5.82 Å². The molecule has 0 aliphatic rings. The summed E-state index contributed by atoms with van der Waals surface area (Å²) in [6.07, 6.45) is 5.80. The van der Waals surface area contributed by atoms with Crippen LogP contribution in [-0.2, 0) is 18.6 Å². The first-order valence-electron chi connectivity index (χ1n) is 3.74. The number of H-pyrrole nitrogens is 1. The SMILES string of the molecule is O=c1c[c-]nc(-c2cccnc2)[nH]1.[V+2]. The maximum absolute atomic E-state index is 10.9. The van der Waals surface area contributed by atoms with Crippen LogP contribution in [0.2, 0.25) is 0 Å². The van der Waals surface area contributed by atoms with Crippen molar-refractivity contribution in [3.63, 3.8) is 0 Å². The fourth-order valence-electron chi connectivity index (χ4n) is 0.976. The molecule has 67 valence electrons. The van der Waals surface area contributed by atoms with E-state index in [1.165, 1.54) is 6.07 Å². The summed E-state index contributed by atoms with van der Waals surface area (Å²) in [5.41, 5.74) is 0.560. The van der Waals surface area contributed by atoms with Crippen molar-refractivity contribution < 1.29 is 18.6 Å². The Balaban J connectivity index is 0.000000980. The van der Waals surface area contributed by atoms with Crippen LogP contribution in [0.25, 0.3) is 11.4 Å². The zero-order valence-corrected chi connectivity index (χ0v) is 8.53. The predicted molar refractivity (Wildman–Crippen MR) is 46.9 cm³/mol. The molecule has 0 saturated heterocycles. The second-order valence-electron chi connectivity index (χ2n) is 2.46. The molecule has 2 aromatic heterocycles. The van der Waals surface area contributed by atoms with Crippen LogP contribution in [-0.4, -0.2) is 15.0 Å². The van der Waals surface area contributed by atoms with E-state index in [0.717, 1.165) is 5.56 Å². The first-order chi connectivity index (χ1) is 6.36. The molecule has 0 bridgehead atoms. The standard InChI is InChI=1S/C9H6N3O.V/c13-8-3-5-11-9(12-8)7-2-1-4-10-6-7;/h1-4,6H,(H,11,12,13);/q-1;+2. The Kier molecular flexibility index (Phi) is 3.62. The average molecular weight is 223 g/mol. The summed E-state index contributed by atoms with van der Waals surface area (Å²) in [4.78, 5) is 21.3. The van der Waals surface area contributed by atoms with E-state index in [1.54, 1.807) is 18.5 Å². The van der Waals surface area contributed by atoms with E-state index in [-0.39, 0.29) is 24.1 Å². The average Bonchev–Trinajstić information content (AvgIpc) is 2.19. The number of nitrogens with zero attached hydrogens (tertiary/aromatic N) is 2. The van der Waals surface area contributed by atoms with Gasteiger partial charge >= 0.3 is 18.6 Å². The number of aromatic nitrogens is 3. The van der Waals surface area contributed by atoms with Crippen molar-refractivity contribution in [3.05, 3.63) is 47.1 Å². The van der Waals surface area contributed by atoms with Gasteiger partial charge in [0.2, 0.25) is 0 Å². The van der Waals surface area contributed by atoms with E-state index >= 15 is 0 Å². The Hall–Kier alpha value is -1.39. The van der Waals surface area contributed by atoms with Gasteiger partial charge in [-0.15, -0.1) is 0 Å². The Bertz CT molecular complexity index is 455. The zero-order chi connectivity index (χ0) is 9.10. The van der Waals surface area contributed by atoms with Gasteiger partial charge in [-0.3, -0.25) is 4.98 Å². The van der Waals surface area contributed by atoms with E-state index in [4.69, 9.17) is 0 Å². The molecule has 14 heavy (non-hydrogen) atoms. The quantitative estimate of drug-likeness (QED) is 0.721. The number of aromatic amines is 1. The molecular formula is C9H6N3OV+. The van der Waals surface area contributed by atoms with Crippen LogP contribution < -0.4 is 5.56 Å². The third-order valence-corrected chi connectivity index (χ3v) is 1.55. The van der Waals surface area contributed by atoms with Crippen molar-refractivity contribution >= 4 is 0 Å². The number of nitrogens with one attached hydrogen (secondary N) is 1. The summed E-state index contributed by atoms with van der Waals surface area (Å²) in [5.74, 6) is 0.487. The Morgan fingerprint density at radius 1 is 1.43 bits per heavy atom. The third-order valence-electron chi connectivity index (χ3n) is 1.55. The van der Waals surface area contributed by atoms with Crippen LogP contribution in [0.1, 0.15) is 0 Å². The molecular weight excluding hydrogens is 217 g/mol.